The zero-order chi connectivity index (χ0) is 19.8. The number of rotatable bonds is 6. The summed E-state index contributed by atoms with van der Waals surface area (Å²) in [4.78, 5) is 12.7. The minimum atomic E-state index is -2.95. The Morgan fingerprint density at radius 1 is 1.37 bits per heavy atom. The first kappa shape index (κ1) is 19.6. The average molecular weight is 396 g/mol. The molecule has 0 aliphatic carbocycles. The Labute approximate surface area is 159 Å². The van der Waals surface area contributed by atoms with Crippen LogP contribution in [0.1, 0.15) is 45.7 Å². The first-order valence-electron chi connectivity index (χ1n) is 8.93. The molecule has 3 rings (SSSR count). The number of sulfone groups is 1. The van der Waals surface area contributed by atoms with Gasteiger partial charge in [0.2, 0.25) is 5.76 Å². The third-order valence-electron chi connectivity index (χ3n) is 5.03. The predicted octanol–water partition coefficient (Wildman–Crippen LogP) is 0.454. The summed E-state index contributed by atoms with van der Waals surface area (Å²) < 4.78 is 35.6. The Balaban J connectivity index is 1.70. The van der Waals surface area contributed by atoms with Gasteiger partial charge in [-0.15, -0.1) is 0 Å². The number of hydrogen-bond donors (Lipinski definition) is 1. The van der Waals surface area contributed by atoms with Crippen LogP contribution in [-0.2, 0) is 27.7 Å². The molecule has 27 heavy (non-hydrogen) atoms. The number of aryl methyl sites for hydroxylation is 1. The van der Waals surface area contributed by atoms with Crippen LogP contribution in [0.2, 0.25) is 0 Å². The van der Waals surface area contributed by atoms with Gasteiger partial charge in [0.15, 0.2) is 15.6 Å². The quantitative estimate of drug-likeness (QED) is 0.713. The van der Waals surface area contributed by atoms with Crippen LogP contribution >= 0.6 is 0 Å². The molecule has 1 unspecified atom stereocenters. The monoisotopic (exact) mass is 396 g/mol. The SMILES string of the molecule is COC(=O)c1ccc(C[NH+](C)Cc2c(C)nn([C@@H]3CCS(=O)(=O)C3)c2C)o1. The lowest BCUT2D eigenvalue weighted by Gasteiger charge is -2.14. The van der Waals surface area contributed by atoms with Gasteiger partial charge in [-0.2, -0.15) is 5.10 Å². The van der Waals surface area contributed by atoms with Crippen molar-refractivity contribution in [2.45, 2.75) is 39.4 Å². The average Bonchev–Trinajstić information content (AvgIpc) is 3.28. The van der Waals surface area contributed by atoms with E-state index < -0.39 is 15.8 Å². The first-order chi connectivity index (χ1) is 12.7. The van der Waals surface area contributed by atoms with Crippen molar-refractivity contribution < 1.29 is 27.3 Å². The van der Waals surface area contributed by atoms with E-state index in [-0.39, 0.29) is 23.3 Å². The molecule has 0 radical (unpaired) electrons. The fraction of sp³-hybridized carbons (Fsp3) is 0.556. The molecule has 1 aliphatic heterocycles. The van der Waals surface area contributed by atoms with E-state index in [2.05, 4.69) is 9.84 Å². The summed E-state index contributed by atoms with van der Waals surface area (Å²) in [5, 5.41) is 4.61. The molecule has 0 spiro atoms. The molecule has 0 bridgehead atoms. The van der Waals surface area contributed by atoms with Gasteiger partial charge in [-0.1, -0.05) is 0 Å². The van der Waals surface area contributed by atoms with E-state index in [1.54, 1.807) is 12.1 Å². The van der Waals surface area contributed by atoms with Gasteiger partial charge in [0.1, 0.15) is 13.1 Å². The Kier molecular flexibility index (Phi) is 5.43. The maximum absolute atomic E-state index is 11.8. The van der Waals surface area contributed by atoms with E-state index in [9.17, 15) is 13.2 Å². The largest absolute Gasteiger partial charge is 0.463 e. The fourth-order valence-electron chi connectivity index (χ4n) is 3.62. The van der Waals surface area contributed by atoms with Crippen LogP contribution in [0.5, 0.6) is 0 Å². The molecule has 8 nitrogen and oxygen atoms in total. The Hall–Kier alpha value is -2.13. The van der Waals surface area contributed by atoms with Crippen molar-refractivity contribution in [3.63, 3.8) is 0 Å². The molecule has 0 saturated carbocycles. The topological polar surface area (TPSA) is 95.8 Å². The molecule has 9 heteroatoms. The van der Waals surface area contributed by atoms with Crippen molar-refractivity contribution in [1.29, 1.82) is 0 Å². The molecule has 1 N–H and O–H groups in total. The number of methoxy groups -OCH3 is 1. The molecule has 0 amide bonds. The maximum atomic E-state index is 11.8. The zero-order valence-electron chi connectivity index (χ0n) is 16.1. The number of ether oxygens (including phenoxy) is 1. The van der Waals surface area contributed by atoms with E-state index in [1.165, 1.54) is 12.0 Å². The highest BCUT2D eigenvalue weighted by atomic mass is 32.2. The number of quaternary nitrogens is 1. The van der Waals surface area contributed by atoms with Crippen LogP contribution in [0.25, 0.3) is 0 Å². The highest BCUT2D eigenvalue weighted by Crippen LogP contribution is 2.26. The smallest absolute Gasteiger partial charge is 0.373 e. The number of nitrogens with zero attached hydrogens (tertiary/aromatic N) is 2. The number of aromatic nitrogens is 2. The summed E-state index contributed by atoms with van der Waals surface area (Å²) in [5.74, 6) is 0.816. The summed E-state index contributed by atoms with van der Waals surface area (Å²) in [6.07, 6.45) is 0.620. The minimum absolute atomic E-state index is 0.0737. The second kappa shape index (κ2) is 7.47. The van der Waals surface area contributed by atoms with Crippen LogP contribution in [0.4, 0.5) is 0 Å². The number of furan rings is 1. The summed E-state index contributed by atoms with van der Waals surface area (Å²) in [6, 6.07) is 3.32. The van der Waals surface area contributed by atoms with Gasteiger partial charge >= 0.3 is 5.97 Å². The molecule has 148 valence electrons. The van der Waals surface area contributed by atoms with Crippen molar-refractivity contribution in [1.82, 2.24) is 9.78 Å². The minimum Gasteiger partial charge on any atom is -0.463 e. The van der Waals surface area contributed by atoms with Gasteiger partial charge in [-0.25, -0.2) is 13.2 Å². The standard InChI is InChI=1S/C18H25N3O5S/c1-12-16(13(2)21(19-12)14-7-8-27(23,24)11-14)10-20(3)9-15-5-6-17(26-15)18(22)25-4/h5-6,14H,7-11H2,1-4H3/p+1/t14-/m1/s1. The van der Waals surface area contributed by atoms with E-state index in [4.69, 9.17) is 4.42 Å². The van der Waals surface area contributed by atoms with Gasteiger partial charge in [0.05, 0.1) is 43.0 Å². The normalized spacial score (nSPS) is 19.9. The highest BCUT2D eigenvalue weighted by molar-refractivity contribution is 7.91. The molecule has 3 heterocycles. The highest BCUT2D eigenvalue weighted by Gasteiger charge is 2.31. The number of carbonyl (C=O) groups excluding carboxylic acids is 1. The van der Waals surface area contributed by atoms with Gasteiger partial charge < -0.3 is 14.1 Å². The molecule has 1 saturated heterocycles. The Morgan fingerprint density at radius 2 is 2.11 bits per heavy atom. The molecule has 2 aromatic heterocycles. The van der Waals surface area contributed by atoms with E-state index in [1.807, 2.05) is 25.6 Å². The lowest BCUT2D eigenvalue weighted by molar-refractivity contribution is -0.908. The van der Waals surface area contributed by atoms with Crippen molar-refractivity contribution in [3.05, 3.63) is 40.6 Å². The van der Waals surface area contributed by atoms with E-state index in [0.29, 0.717) is 18.7 Å². The lowest BCUT2D eigenvalue weighted by Crippen LogP contribution is -3.06. The maximum Gasteiger partial charge on any atom is 0.373 e. The van der Waals surface area contributed by atoms with Crippen LogP contribution in [0.3, 0.4) is 0 Å². The molecule has 2 atom stereocenters. The van der Waals surface area contributed by atoms with Gasteiger partial charge in [-0.05, 0) is 32.4 Å². The molecule has 0 aromatic carbocycles. The number of hydrogen-bond acceptors (Lipinski definition) is 6. The van der Waals surface area contributed by atoms with E-state index in [0.717, 1.165) is 23.5 Å². The summed E-state index contributed by atoms with van der Waals surface area (Å²) >= 11 is 0. The number of esters is 1. The second-order valence-electron chi connectivity index (χ2n) is 7.22. The van der Waals surface area contributed by atoms with Gasteiger partial charge in [0, 0.05) is 5.69 Å². The fourth-order valence-corrected chi connectivity index (χ4v) is 5.31. The number of carbonyl (C=O) groups is 1. The van der Waals surface area contributed by atoms with Gasteiger partial charge in [-0.3, -0.25) is 4.68 Å². The van der Waals surface area contributed by atoms with Crippen molar-refractivity contribution in [2.24, 2.45) is 0 Å². The second-order valence-corrected chi connectivity index (χ2v) is 9.45. The van der Waals surface area contributed by atoms with Crippen LogP contribution in [-0.4, -0.2) is 49.8 Å². The molecular formula is C18H26N3O5S+. The Morgan fingerprint density at radius 3 is 2.74 bits per heavy atom. The zero-order valence-corrected chi connectivity index (χ0v) is 16.9. The molecule has 1 aliphatic rings. The van der Waals surface area contributed by atoms with Crippen LogP contribution in [0, 0.1) is 13.8 Å². The van der Waals surface area contributed by atoms with Crippen molar-refractivity contribution in [3.8, 4) is 0 Å². The van der Waals surface area contributed by atoms with Crippen LogP contribution in [0.15, 0.2) is 16.5 Å². The third-order valence-corrected chi connectivity index (χ3v) is 6.78. The summed E-state index contributed by atoms with van der Waals surface area (Å²) in [6.45, 7) is 5.29. The van der Waals surface area contributed by atoms with Crippen molar-refractivity contribution in [2.75, 3.05) is 25.7 Å². The molecule has 2 aromatic rings. The van der Waals surface area contributed by atoms with Crippen LogP contribution < -0.4 is 4.90 Å². The van der Waals surface area contributed by atoms with Gasteiger partial charge in [0.25, 0.3) is 0 Å². The summed E-state index contributed by atoms with van der Waals surface area (Å²) in [7, 11) is 0.408. The molecular weight excluding hydrogens is 370 g/mol. The number of nitrogens with one attached hydrogen (secondary N) is 1. The summed E-state index contributed by atoms with van der Waals surface area (Å²) in [5.41, 5.74) is 3.06. The van der Waals surface area contributed by atoms with Crippen molar-refractivity contribution >= 4 is 15.8 Å². The third kappa shape index (κ3) is 4.24. The Bertz CT molecular complexity index is 944. The first-order valence-corrected chi connectivity index (χ1v) is 10.8. The van der Waals surface area contributed by atoms with E-state index >= 15 is 0 Å². The predicted molar refractivity (Wildman–Crippen MR) is 98.4 cm³/mol. The molecule has 1 fully saturated rings. The lowest BCUT2D eigenvalue weighted by atomic mass is 10.1.